The lowest BCUT2D eigenvalue weighted by Crippen LogP contribution is -2.44. The first-order valence-corrected chi connectivity index (χ1v) is 5.61. The molecule has 0 aromatic heterocycles. The van der Waals surface area contributed by atoms with Crippen LogP contribution in [0.3, 0.4) is 0 Å². The second-order valence-corrected chi connectivity index (χ2v) is 4.24. The Labute approximate surface area is 106 Å². The van der Waals surface area contributed by atoms with Gasteiger partial charge in [-0.3, -0.25) is 4.79 Å². The molecule has 0 aliphatic carbocycles. The van der Waals surface area contributed by atoms with E-state index in [9.17, 15) is 9.59 Å². The molecular weight excluding hydrogens is 232 g/mol. The summed E-state index contributed by atoms with van der Waals surface area (Å²) in [6.07, 6.45) is 0. The quantitative estimate of drug-likeness (QED) is 0.694. The summed E-state index contributed by atoms with van der Waals surface area (Å²) in [5.41, 5.74) is 11.9. The highest BCUT2D eigenvalue weighted by Crippen LogP contribution is 2.13. The largest absolute Gasteiger partial charge is 0.399 e. The Bertz CT molecular complexity index is 445. The van der Waals surface area contributed by atoms with Gasteiger partial charge in [-0.2, -0.15) is 0 Å². The summed E-state index contributed by atoms with van der Waals surface area (Å²) < 4.78 is 0. The number of nitrogens with one attached hydrogen (secondary N) is 1. The molecule has 0 saturated carbocycles. The third kappa shape index (κ3) is 3.97. The minimum Gasteiger partial charge on any atom is -0.399 e. The fraction of sp³-hybridized carbons (Fsp3) is 0.333. The predicted octanol–water partition coefficient (Wildman–Crippen LogP) is 0.996. The standard InChI is InChI=1S/C12H18N4O2/c1-8(2)16(7-11(14)17)12(18)15-10-5-3-4-9(13)6-10/h3-6,8H,7,13H2,1-2H3,(H2,14,17)(H,15,18). The van der Waals surface area contributed by atoms with Crippen LogP contribution in [-0.2, 0) is 4.79 Å². The molecule has 0 heterocycles. The number of benzene rings is 1. The van der Waals surface area contributed by atoms with Crippen molar-refractivity contribution in [3.05, 3.63) is 24.3 Å². The van der Waals surface area contributed by atoms with Crippen LogP contribution < -0.4 is 16.8 Å². The van der Waals surface area contributed by atoms with Crippen molar-refractivity contribution in [2.45, 2.75) is 19.9 Å². The van der Waals surface area contributed by atoms with Gasteiger partial charge in [0.2, 0.25) is 5.91 Å². The van der Waals surface area contributed by atoms with Crippen LogP contribution in [0.4, 0.5) is 16.2 Å². The van der Waals surface area contributed by atoms with E-state index in [1.165, 1.54) is 4.90 Å². The number of carbonyl (C=O) groups excluding carboxylic acids is 2. The molecule has 6 nitrogen and oxygen atoms in total. The molecule has 0 spiro atoms. The van der Waals surface area contributed by atoms with Gasteiger partial charge in [-0.25, -0.2) is 4.79 Å². The van der Waals surface area contributed by atoms with Gasteiger partial charge in [0, 0.05) is 17.4 Å². The Balaban J connectivity index is 2.75. The van der Waals surface area contributed by atoms with Crippen molar-refractivity contribution in [3.8, 4) is 0 Å². The first kappa shape index (κ1) is 13.8. The SMILES string of the molecule is CC(C)N(CC(N)=O)C(=O)Nc1cccc(N)c1. The molecule has 0 atom stereocenters. The predicted molar refractivity (Wildman–Crippen MR) is 70.9 cm³/mol. The number of hydrogen-bond donors (Lipinski definition) is 3. The molecule has 0 fully saturated rings. The highest BCUT2D eigenvalue weighted by molar-refractivity contribution is 5.92. The Kier molecular flexibility index (Phi) is 4.53. The lowest BCUT2D eigenvalue weighted by atomic mass is 10.3. The first-order chi connectivity index (χ1) is 8.40. The van der Waals surface area contributed by atoms with Crippen LogP contribution in [0.25, 0.3) is 0 Å². The van der Waals surface area contributed by atoms with Gasteiger partial charge < -0.3 is 21.7 Å². The number of nitrogen functional groups attached to an aromatic ring is 1. The molecule has 0 unspecified atom stereocenters. The maximum atomic E-state index is 12.0. The van der Waals surface area contributed by atoms with E-state index < -0.39 is 5.91 Å². The van der Waals surface area contributed by atoms with Crippen molar-refractivity contribution in [1.29, 1.82) is 0 Å². The van der Waals surface area contributed by atoms with Crippen LogP contribution in [0.1, 0.15) is 13.8 Å². The van der Waals surface area contributed by atoms with E-state index in [2.05, 4.69) is 5.32 Å². The molecule has 0 aliphatic rings. The average molecular weight is 250 g/mol. The number of amides is 3. The van der Waals surface area contributed by atoms with Crippen molar-refractivity contribution >= 4 is 23.3 Å². The molecule has 0 radical (unpaired) electrons. The zero-order valence-electron chi connectivity index (χ0n) is 10.5. The van der Waals surface area contributed by atoms with E-state index >= 15 is 0 Å². The molecule has 0 aliphatic heterocycles. The molecule has 1 rings (SSSR count). The first-order valence-electron chi connectivity index (χ1n) is 5.61. The van der Waals surface area contributed by atoms with Crippen LogP contribution >= 0.6 is 0 Å². The summed E-state index contributed by atoms with van der Waals surface area (Å²) in [5, 5.41) is 2.67. The normalized spacial score (nSPS) is 10.2. The third-order valence-corrected chi connectivity index (χ3v) is 2.35. The number of rotatable bonds is 4. The van der Waals surface area contributed by atoms with Crippen molar-refractivity contribution in [2.24, 2.45) is 5.73 Å². The molecule has 6 heteroatoms. The van der Waals surface area contributed by atoms with Crippen LogP contribution in [-0.4, -0.2) is 29.4 Å². The van der Waals surface area contributed by atoms with Crippen molar-refractivity contribution in [2.75, 3.05) is 17.6 Å². The van der Waals surface area contributed by atoms with E-state index in [4.69, 9.17) is 11.5 Å². The Morgan fingerprint density at radius 3 is 2.56 bits per heavy atom. The summed E-state index contributed by atoms with van der Waals surface area (Å²) in [5.74, 6) is -0.550. The second kappa shape index (κ2) is 5.90. The summed E-state index contributed by atoms with van der Waals surface area (Å²) in [4.78, 5) is 24.2. The minimum atomic E-state index is -0.550. The Morgan fingerprint density at radius 1 is 1.39 bits per heavy atom. The summed E-state index contributed by atoms with van der Waals surface area (Å²) in [7, 11) is 0. The van der Waals surface area contributed by atoms with E-state index in [0.717, 1.165) is 0 Å². The average Bonchev–Trinajstić information content (AvgIpc) is 2.25. The Morgan fingerprint density at radius 2 is 2.06 bits per heavy atom. The van der Waals surface area contributed by atoms with Gasteiger partial charge in [-0.05, 0) is 32.0 Å². The molecule has 18 heavy (non-hydrogen) atoms. The smallest absolute Gasteiger partial charge is 0.322 e. The van der Waals surface area contributed by atoms with Gasteiger partial charge in [0.25, 0.3) is 0 Å². The van der Waals surface area contributed by atoms with Gasteiger partial charge in [0.1, 0.15) is 6.54 Å². The number of carbonyl (C=O) groups is 2. The maximum Gasteiger partial charge on any atom is 0.322 e. The van der Waals surface area contributed by atoms with E-state index in [1.807, 2.05) is 13.8 Å². The molecule has 5 N–H and O–H groups in total. The molecule has 98 valence electrons. The van der Waals surface area contributed by atoms with Crippen LogP contribution in [0.5, 0.6) is 0 Å². The summed E-state index contributed by atoms with van der Waals surface area (Å²) in [6, 6.07) is 6.31. The van der Waals surface area contributed by atoms with Gasteiger partial charge in [0.15, 0.2) is 0 Å². The van der Waals surface area contributed by atoms with Gasteiger partial charge in [0.05, 0.1) is 0 Å². The van der Waals surface area contributed by atoms with Crippen LogP contribution in [0.15, 0.2) is 24.3 Å². The van der Waals surface area contributed by atoms with Gasteiger partial charge in [-0.15, -0.1) is 0 Å². The fourth-order valence-electron chi connectivity index (χ4n) is 1.47. The number of nitrogens with zero attached hydrogens (tertiary/aromatic N) is 1. The van der Waals surface area contributed by atoms with Crippen LogP contribution in [0.2, 0.25) is 0 Å². The number of nitrogens with two attached hydrogens (primary N) is 2. The second-order valence-electron chi connectivity index (χ2n) is 4.24. The van der Waals surface area contributed by atoms with Crippen molar-refractivity contribution in [3.63, 3.8) is 0 Å². The highest BCUT2D eigenvalue weighted by Gasteiger charge is 2.18. The van der Waals surface area contributed by atoms with E-state index in [-0.39, 0.29) is 18.6 Å². The number of anilines is 2. The molecule has 1 aromatic rings. The third-order valence-electron chi connectivity index (χ3n) is 2.35. The molecule has 0 saturated heterocycles. The topological polar surface area (TPSA) is 101 Å². The lowest BCUT2D eigenvalue weighted by Gasteiger charge is -2.25. The fourth-order valence-corrected chi connectivity index (χ4v) is 1.47. The zero-order valence-corrected chi connectivity index (χ0v) is 10.5. The van der Waals surface area contributed by atoms with Gasteiger partial charge in [-0.1, -0.05) is 6.07 Å². The Hall–Kier alpha value is -2.24. The minimum absolute atomic E-state index is 0.119. The molecule has 1 aromatic carbocycles. The van der Waals surface area contributed by atoms with E-state index in [0.29, 0.717) is 11.4 Å². The zero-order chi connectivity index (χ0) is 13.7. The van der Waals surface area contributed by atoms with E-state index in [1.54, 1.807) is 24.3 Å². The summed E-state index contributed by atoms with van der Waals surface area (Å²) in [6.45, 7) is 3.50. The molecular formula is C12H18N4O2. The number of urea groups is 1. The number of hydrogen-bond acceptors (Lipinski definition) is 3. The van der Waals surface area contributed by atoms with Crippen molar-refractivity contribution < 1.29 is 9.59 Å². The number of primary amides is 1. The maximum absolute atomic E-state index is 12.0. The molecule has 0 bridgehead atoms. The lowest BCUT2D eigenvalue weighted by molar-refractivity contribution is -0.118. The van der Waals surface area contributed by atoms with Gasteiger partial charge >= 0.3 is 6.03 Å². The highest BCUT2D eigenvalue weighted by atomic mass is 16.2. The van der Waals surface area contributed by atoms with Crippen LogP contribution in [0, 0.1) is 0 Å². The van der Waals surface area contributed by atoms with Crippen molar-refractivity contribution in [1.82, 2.24) is 4.90 Å². The summed E-state index contributed by atoms with van der Waals surface area (Å²) >= 11 is 0. The molecule has 3 amide bonds. The monoisotopic (exact) mass is 250 g/mol.